The van der Waals surface area contributed by atoms with Gasteiger partial charge in [0, 0.05) is 64.6 Å². The molecule has 1 unspecified atom stereocenters. The summed E-state index contributed by atoms with van der Waals surface area (Å²) in [6, 6.07) is 9.73. The second-order valence-electron chi connectivity index (χ2n) is 8.85. The van der Waals surface area contributed by atoms with Crippen molar-refractivity contribution >= 4 is 11.6 Å². The number of hydrogen-bond acceptors (Lipinski definition) is 3. The molecule has 0 amide bonds. The van der Waals surface area contributed by atoms with Gasteiger partial charge in [-0.25, -0.2) is 0 Å². The van der Waals surface area contributed by atoms with Crippen molar-refractivity contribution in [3.8, 4) is 0 Å². The molecule has 30 heavy (non-hydrogen) atoms. The summed E-state index contributed by atoms with van der Waals surface area (Å²) in [5.41, 5.74) is 3.95. The summed E-state index contributed by atoms with van der Waals surface area (Å²) >= 11 is 0. The lowest BCUT2D eigenvalue weighted by Crippen LogP contribution is -2.39. The van der Waals surface area contributed by atoms with Gasteiger partial charge in [0.05, 0.1) is 6.20 Å². The lowest BCUT2D eigenvalue weighted by atomic mass is 9.94. The van der Waals surface area contributed by atoms with Crippen LogP contribution in [-0.2, 0) is 13.6 Å². The second-order valence-corrected chi connectivity index (χ2v) is 8.85. The monoisotopic (exact) mass is 408 g/mol. The maximum Gasteiger partial charge on any atom is 0.193 e. The molecule has 1 aliphatic heterocycles. The number of rotatable bonds is 5. The minimum Gasteiger partial charge on any atom is -0.372 e. The maximum absolute atomic E-state index is 4.53. The van der Waals surface area contributed by atoms with Gasteiger partial charge in [0.15, 0.2) is 5.96 Å². The van der Waals surface area contributed by atoms with Gasteiger partial charge in [0.25, 0.3) is 0 Å². The molecule has 4 rings (SSSR count). The zero-order valence-corrected chi connectivity index (χ0v) is 18.7. The summed E-state index contributed by atoms with van der Waals surface area (Å²) in [5, 5.41) is 7.88. The van der Waals surface area contributed by atoms with E-state index in [1.54, 1.807) is 0 Å². The van der Waals surface area contributed by atoms with Gasteiger partial charge in [0.2, 0.25) is 0 Å². The molecule has 162 valence electrons. The van der Waals surface area contributed by atoms with Gasteiger partial charge in [-0.2, -0.15) is 5.10 Å². The van der Waals surface area contributed by atoms with E-state index in [0.29, 0.717) is 12.0 Å². The van der Waals surface area contributed by atoms with Crippen LogP contribution in [0.4, 0.5) is 5.69 Å². The minimum absolute atomic E-state index is 0.534. The first-order valence-corrected chi connectivity index (χ1v) is 11.4. The molecule has 1 atom stereocenters. The highest BCUT2D eigenvalue weighted by molar-refractivity contribution is 5.80. The predicted molar refractivity (Wildman–Crippen MR) is 124 cm³/mol. The van der Waals surface area contributed by atoms with Crippen molar-refractivity contribution in [1.82, 2.24) is 20.0 Å². The van der Waals surface area contributed by atoms with E-state index in [1.165, 1.54) is 48.9 Å². The van der Waals surface area contributed by atoms with Crippen LogP contribution in [0.25, 0.3) is 0 Å². The summed E-state index contributed by atoms with van der Waals surface area (Å²) in [4.78, 5) is 9.36. The third kappa shape index (κ3) is 4.79. The van der Waals surface area contributed by atoms with Crippen LogP contribution < -0.4 is 10.2 Å². The molecular weight excluding hydrogens is 372 g/mol. The van der Waals surface area contributed by atoms with Crippen LogP contribution in [0.15, 0.2) is 41.7 Å². The van der Waals surface area contributed by atoms with Crippen molar-refractivity contribution in [2.75, 3.05) is 32.1 Å². The van der Waals surface area contributed by atoms with Gasteiger partial charge in [-0.05, 0) is 42.5 Å². The zero-order valence-electron chi connectivity index (χ0n) is 18.7. The van der Waals surface area contributed by atoms with Crippen LogP contribution in [0.5, 0.6) is 0 Å². The van der Waals surface area contributed by atoms with Gasteiger partial charge in [0.1, 0.15) is 0 Å². The van der Waals surface area contributed by atoms with Gasteiger partial charge in [-0.15, -0.1) is 0 Å². The standard InChI is InChI=1S/C24H36N6/c1-25-24(30-14-13-20(18-30)21-16-27-28(2)17-21)26-15-19-9-11-23(12-10-19)29(3)22-7-5-4-6-8-22/h9-12,16-17,20,22H,4-8,13-15,18H2,1-3H3,(H,25,26). The first-order valence-electron chi connectivity index (χ1n) is 11.4. The molecular formula is C24H36N6. The number of aliphatic imine (C=N–C) groups is 1. The van der Waals surface area contributed by atoms with Crippen molar-refractivity contribution in [2.24, 2.45) is 12.0 Å². The fraction of sp³-hybridized carbons (Fsp3) is 0.583. The quantitative estimate of drug-likeness (QED) is 0.605. The number of nitrogens with zero attached hydrogens (tertiary/aromatic N) is 5. The van der Waals surface area contributed by atoms with Crippen molar-refractivity contribution in [2.45, 2.75) is 57.0 Å². The summed E-state index contributed by atoms with van der Waals surface area (Å²) < 4.78 is 1.89. The lowest BCUT2D eigenvalue weighted by Gasteiger charge is -2.33. The summed E-state index contributed by atoms with van der Waals surface area (Å²) in [5.74, 6) is 1.52. The molecule has 0 bridgehead atoms. The van der Waals surface area contributed by atoms with Crippen LogP contribution >= 0.6 is 0 Å². The van der Waals surface area contributed by atoms with Crippen molar-refractivity contribution in [3.63, 3.8) is 0 Å². The fourth-order valence-electron chi connectivity index (χ4n) is 4.92. The lowest BCUT2D eigenvalue weighted by molar-refractivity contribution is 0.427. The topological polar surface area (TPSA) is 48.7 Å². The summed E-state index contributed by atoms with van der Waals surface area (Å²) in [7, 11) is 6.11. The Hall–Kier alpha value is -2.50. The molecule has 1 aromatic carbocycles. The smallest absolute Gasteiger partial charge is 0.193 e. The van der Waals surface area contributed by atoms with Gasteiger partial charge >= 0.3 is 0 Å². The molecule has 2 fully saturated rings. The van der Waals surface area contributed by atoms with Gasteiger partial charge in [-0.1, -0.05) is 31.4 Å². The Kier molecular flexibility index (Phi) is 6.60. The Morgan fingerprint density at radius 1 is 1.17 bits per heavy atom. The molecule has 1 saturated heterocycles. The van der Waals surface area contributed by atoms with Crippen LogP contribution in [0.3, 0.4) is 0 Å². The van der Waals surface area contributed by atoms with Crippen molar-refractivity contribution in [1.29, 1.82) is 0 Å². The van der Waals surface area contributed by atoms with E-state index in [4.69, 9.17) is 0 Å². The van der Waals surface area contributed by atoms with E-state index in [2.05, 4.69) is 62.7 Å². The van der Waals surface area contributed by atoms with E-state index >= 15 is 0 Å². The molecule has 0 radical (unpaired) electrons. The van der Waals surface area contributed by atoms with E-state index in [1.807, 2.05) is 25.0 Å². The van der Waals surface area contributed by atoms with Gasteiger partial charge < -0.3 is 15.1 Å². The Bertz CT molecular complexity index is 834. The normalized spacial score (nSPS) is 20.6. The minimum atomic E-state index is 0.534. The Morgan fingerprint density at radius 2 is 1.93 bits per heavy atom. The third-order valence-electron chi connectivity index (χ3n) is 6.81. The fourth-order valence-corrected chi connectivity index (χ4v) is 4.92. The number of nitrogens with one attached hydrogen (secondary N) is 1. The predicted octanol–water partition coefficient (Wildman–Crippen LogP) is 3.75. The van der Waals surface area contributed by atoms with E-state index in [-0.39, 0.29) is 0 Å². The number of aryl methyl sites for hydroxylation is 1. The van der Waals surface area contributed by atoms with E-state index in [0.717, 1.165) is 32.0 Å². The van der Waals surface area contributed by atoms with Crippen LogP contribution in [0.1, 0.15) is 55.6 Å². The maximum atomic E-state index is 4.53. The number of hydrogen-bond donors (Lipinski definition) is 1. The largest absolute Gasteiger partial charge is 0.372 e. The Morgan fingerprint density at radius 3 is 2.60 bits per heavy atom. The molecule has 1 aliphatic carbocycles. The highest BCUT2D eigenvalue weighted by Gasteiger charge is 2.26. The molecule has 1 saturated carbocycles. The number of anilines is 1. The van der Waals surface area contributed by atoms with Crippen LogP contribution in [-0.4, -0.2) is 53.9 Å². The summed E-state index contributed by atoms with van der Waals surface area (Å²) in [6.07, 6.45) is 12.1. The van der Waals surface area contributed by atoms with E-state index in [9.17, 15) is 0 Å². The first kappa shape index (κ1) is 20.8. The molecule has 6 nitrogen and oxygen atoms in total. The molecule has 6 heteroatoms. The number of likely N-dealkylation sites (tertiary alicyclic amines) is 1. The SMILES string of the molecule is CN=C(NCc1ccc(N(C)C2CCCCC2)cc1)N1CCC(c2cnn(C)c2)C1. The number of aromatic nitrogens is 2. The summed E-state index contributed by atoms with van der Waals surface area (Å²) in [6.45, 7) is 2.83. The zero-order chi connectivity index (χ0) is 20.9. The van der Waals surface area contributed by atoms with Crippen LogP contribution in [0.2, 0.25) is 0 Å². The Labute approximate surface area is 181 Å². The average Bonchev–Trinajstić information content (AvgIpc) is 3.44. The molecule has 2 heterocycles. The molecule has 1 N–H and O–H groups in total. The number of guanidine groups is 1. The second kappa shape index (κ2) is 9.54. The molecule has 2 aliphatic rings. The first-order chi connectivity index (χ1) is 14.6. The molecule has 2 aromatic rings. The highest BCUT2D eigenvalue weighted by Crippen LogP contribution is 2.27. The van der Waals surface area contributed by atoms with Gasteiger partial charge in [-0.3, -0.25) is 9.67 Å². The van der Waals surface area contributed by atoms with E-state index < -0.39 is 0 Å². The average molecular weight is 409 g/mol. The third-order valence-corrected chi connectivity index (χ3v) is 6.81. The van der Waals surface area contributed by atoms with Crippen LogP contribution in [0, 0.1) is 0 Å². The van der Waals surface area contributed by atoms with Crippen molar-refractivity contribution in [3.05, 3.63) is 47.8 Å². The Balaban J connectivity index is 1.30. The van der Waals surface area contributed by atoms with Crippen molar-refractivity contribution < 1.29 is 0 Å². The molecule has 0 spiro atoms. The highest BCUT2D eigenvalue weighted by atomic mass is 15.3. The number of benzene rings is 1. The molecule has 1 aromatic heterocycles.